The van der Waals surface area contributed by atoms with Crippen molar-refractivity contribution in [1.82, 2.24) is 0 Å². The molecule has 0 radical (unpaired) electrons. The Bertz CT molecular complexity index is 290. The van der Waals surface area contributed by atoms with Crippen LogP contribution in [0, 0.1) is 0 Å². The van der Waals surface area contributed by atoms with Crippen LogP contribution in [0.1, 0.15) is 0 Å². The molecule has 1 fully saturated rings. The summed E-state index contributed by atoms with van der Waals surface area (Å²) in [6, 6.07) is 0. The zero-order valence-electron chi connectivity index (χ0n) is 8.00. The van der Waals surface area contributed by atoms with Gasteiger partial charge in [-0.1, -0.05) is 0 Å². The maximum Gasteiger partial charge on any atom is 0.469 e. The number of phosphoric ester groups is 1. The van der Waals surface area contributed by atoms with E-state index in [2.05, 4.69) is 9.26 Å². The Morgan fingerprint density at radius 3 is 2.31 bits per heavy atom. The van der Waals surface area contributed by atoms with E-state index in [0.717, 1.165) is 0 Å². The summed E-state index contributed by atoms with van der Waals surface area (Å²) in [5, 5.41) is 36.7. The normalized spacial score (nSPS) is 40.2. The highest BCUT2D eigenvalue weighted by Gasteiger charge is 2.53. The molecule has 1 aliphatic heterocycles. The lowest BCUT2D eigenvalue weighted by Crippen LogP contribution is -2.46. The number of phosphoric acid groups is 1. The van der Waals surface area contributed by atoms with Crippen molar-refractivity contribution in [1.29, 1.82) is 0 Å². The molecule has 0 bridgehead atoms. The summed E-state index contributed by atoms with van der Waals surface area (Å²) in [7, 11) is -4.73. The van der Waals surface area contributed by atoms with E-state index < -0.39 is 45.1 Å². The molecular weight excluding hydrogens is 247 g/mol. The minimum Gasteiger partial charge on any atom is -0.391 e. The van der Waals surface area contributed by atoms with Crippen LogP contribution in [0.3, 0.4) is 0 Å². The fourth-order valence-electron chi connectivity index (χ4n) is 1.31. The van der Waals surface area contributed by atoms with Crippen LogP contribution < -0.4 is 0 Å². The van der Waals surface area contributed by atoms with Gasteiger partial charge in [0.15, 0.2) is 0 Å². The van der Waals surface area contributed by atoms with Gasteiger partial charge in [-0.15, -0.1) is 0 Å². The van der Waals surface area contributed by atoms with E-state index in [1.54, 1.807) is 0 Å². The molecular formula is C6H13O9P. The zero-order valence-corrected chi connectivity index (χ0v) is 8.90. The van der Waals surface area contributed by atoms with Crippen LogP contribution in [0.5, 0.6) is 0 Å². The lowest BCUT2D eigenvalue weighted by Gasteiger charge is -2.22. The van der Waals surface area contributed by atoms with E-state index in [9.17, 15) is 19.9 Å². The lowest BCUT2D eigenvalue weighted by molar-refractivity contribution is -0.247. The van der Waals surface area contributed by atoms with Crippen LogP contribution in [-0.2, 0) is 13.8 Å². The fraction of sp³-hybridized carbons (Fsp3) is 1.00. The second kappa shape index (κ2) is 4.65. The number of aliphatic hydroxyl groups is 4. The Morgan fingerprint density at radius 1 is 1.38 bits per heavy atom. The highest BCUT2D eigenvalue weighted by Crippen LogP contribution is 2.38. The third-order valence-corrected chi connectivity index (χ3v) is 2.64. The van der Waals surface area contributed by atoms with Crippen molar-refractivity contribution < 1.29 is 44.0 Å². The molecule has 0 aromatic carbocycles. The zero-order chi connectivity index (χ0) is 12.6. The van der Waals surface area contributed by atoms with E-state index in [1.807, 2.05) is 0 Å². The summed E-state index contributed by atoms with van der Waals surface area (Å²) in [6.45, 7) is -1.71. The summed E-state index contributed by atoms with van der Waals surface area (Å²) >= 11 is 0. The van der Waals surface area contributed by atoms with Crippen molar-refractivity contribution in [2.75, 3.05) is 13.2 Å². The minimum atomic E-state index is -4.73. The molecule has 0 aromatic rings. The third-order valence-electron chi connectivity index (χ3n) is 2.16. The molecule has 1 rings (SSSR count). The number of aliphatic hydroxyl groups excluding tert-OH is 3. The van der Waals surface area contributed by atoms with E-state index in [4.69, 9.17) is 14.9 Å². The van der Waals surface area contributed by atoms with Crippen molar-refractivity contribution in [2.45, 2.75) is 24.1 Å². The Labute approximate surface area is 90.1 Å². The predicted octanol–water partition coefficient (Wildman–Crippen LogP) is -3.10. The van der Waals surface area contributed by atoms with Crippen molar-refractivity contribution in [2.24, 2.45) is 0 Å². The molecule has 1 saturated heterocycles. The Kier molecular flexibility index (Phi) is 4.06. The second-order valence-corrected chi connectivity index (χ2v) is 4.62. The molecule has 16 heavy (non-hydrogen) atoms. The maximum absolute atomic E-state index is 10.4. The van der Waals surface area contributed by atoms with Gasteiger partial charge in [-0.2, -0.15) is 0 Å². The highest BCUT2D eigenvalue weighted by molar-refractivity contribution is 7.46. The fourth-order valence-corrected chi connectivity index (χ4v) is 1.65. The Hall–Kier alpha value is -0.0900. The first-order chi connectivity index (χ1) is 7.19. The smallest absolute Gasteiger partial charge is 0.391 e. The molecule has 96 valence electrons. The van der Waals surface area contributed by atoms with Crippen LogP contribution in [-0.4, -0.2) is 67.5 Å². The minimum absolute atomic E-state index is 0.731. The number of rotatable bonds is 4. The summed E-state index contributed by atoms with van der Waals surface area (Å²) in [4.78, 5) is 16.8. The van der Waals surface area contributed by atoms with Crippen LogP contribution in [0.25, 0.3) is 0 Å². The summed E-state index contributed by atoms with van der Waals surface area (Å²) in [5.74, 6) is -2.36. The average molecular weight is 260 g/mol. The molecule has 9 nitrogen and oxygen atoms in total. The van der Waals surface area contributed by atoms with E-state index >= 15 is 0 Å². The summed E-state index contributed by atoms with van der Waals surface area (Å²) in [5.41, 5.74) is 0. The standard InChI is InChI=1S/C6H13O9P/c7-2-6(10)5(9)4(8)3(15-6)1-14-16(11,12)13/h3-5,7-10H,1-2H2,(H2,11,12,13)/t3-,4+,5-,6-/m1/s1. The van der Waals surface area contributed by atoms with Crippen molar-refractivity contribution >= 4 is 7.82 Å². The van der Waals surface area contributed by atoms with Gasteiger partial charge in [0.25, 0.3) is 0 Å². The van der Waals surface area contributed by atoms with Crippen LogP contribution in [0.2, 0.25) is 0 Å². The van der Waals surface area contributed by atoms with Gasteiger partial charge in [0.05, 0.1) is 13.2 Å². The second-order valence-electron chi connectivity index (χ2n) is 3.38. The monoisotopic (exact) mass is 260 g/mol. The van der Waals surface area contributed by atoms with Gasteiger partial charge in [-0.05, 0) is 0 Å². The first kappa shape index (κ1) is 14.0. The average Bonchev–Trinajstić information content (AvgIpc) is 2.40. The van der Waals surface area contributed by atoms with E-state index in [-0.39, 0.29) is 0 Å². The molecule has 0 aliphatic carbocycles. The molecule has 0 unspecified atom stereocenters. The summed E-state index contributed by atoms with van der Waals surface area (Å²) in [6.07, 6.45) is -4.76. The van der Waals surface area contributed by atoms with Crippen molar-refractivity contribution in [3.8, 4) is 0 Å². The molecule has 10 heteroatoms. The predicted molar refractivity (Wildman–Crippen MR) is 46.9 cm³/mol. The Morgan fingerprint density at radius 2 is 1.94 bits per heavy atom. The van der Waals surface area contributed by atoms with Gasteiger partial charge >= 0.3 is 7.82 Å². The van der Waals surface area contributed by atoms with Crippen LogP contribution in [0.4, 0.5) is 0 Å². The largest absolute Gasteiger partial charge is 0.469 e. The van der Waals surface area contributed by atoms with Crippen molar-refractivity contribution in [3.05, 3.63) is 0 Å². The molecule has 0 spiro atoms. The first-order valence-electron chi connectivity index (χ1n) is 4.27. The highest BCUT2D eigenvalue weighted by atomic mass is 31.2. The lowest BCUT2D eigenvalue weighted by atomic mass is 10.1. The quantitative estimate of drug-likeness (QED) is 0.288. The SMILES string of the molecule is O=P(O)(O)OC[C@H]1O[C@](O)(CO)[C@H](O)[C@H]1O. The molecule has 0 aromatic heterocycles. The van der Waals surface area contributed by atoms with Gasteiger partial charge in [0, 0.05) is 0 Å². The van der Waals surface area contributed by atoms with Gasteiger partial charge in [0.2, 0.25) is 5.79 Å². The van der Waals surface area contributed by atoms with Crippen LogP contribution in [0.15, 0.2) is 0 Å². The van der Waals surface area contributed by atoms with Gasteiger partial charge in [-0.3, -0.25) is 4.52 Å². The number of hydrogen-bond donors (Lipinski definition) is 6. The van der Waals surface area contributed by atoms with E-state index in [1.165, 1.54) is 0 Å². The molecule has 1 heterocycles. The van der Waals surface area contributed by atoms with Crippen LogP contribution >= 0.6 is 7.82 Å². The van der Waals surface area contributed by atoms with Gasteiger partial charge in [-0.25, -0.2) is 4.57 Å². The van der Waals surface area contributed by atoms with Crippen molar-refractivity contribution in [3.63, 3.8) is 0 Å². The third kappa shape index (κ3) is 2.98. The topological polar surface area (TPSA) is 157 Å². The molecule has 0 amide bonds. The number of hydrogen-bond acceptors (Lipinski definition) is 7. The van der Waals surface area contributed by atoms with Gasteiger partial charge < -0.3 is 34.9 Å². The molecule has 0 saturated carbocycles. The number of ether oxygens (including phenoxy) is 1. The molecule has 1 aliphatic rings. The van der Waals surface area contributed by atoms with E-state index in [0.29, 0.717) is 0 Å². The van der Waals surface area contributed by atoms with Gasteiger partial charge in [0.1, 0.15) is 18.3 Å². The molecule has 6 N–H and O–H groups in total. The molecule has 4 atom stereocenters. The first-order valence-corrected chi connectivity index (χ1v) is 5.80. The Balaban J connectivity index is 2.61. The maximum atomic E-state index is 10.4. The summed E-state index contributed by atoms with van der Waals surface area (Å²) < 4.78 is 19.1.